The number of benzene rings is 2. The van der Waals surface area contributed by atoms with Crippen molar-refractivity contribution in [2.45, 2.75) is 24.6 Å². The zero-order valence-electron chi connectivity index (χ0n) is 16.6. The van der Waals surface area contributed by atoms with Crippen molar-refractivity contribution < 1.29 is 22.7 Å². The number of carbonyl (C=O) groups excluding carboxylic acids is 1. The van der Waals surface area contributed by atoms with Gasteiger partial charge in [0.1, 0.15) is 23.8 Å². The van der Waals surface area contributed by atoms with E-state index >= 15 is 0 Å². The number of hydrogen-bond acceptors (Lipinski definition) is 5. The van der Waals surface area contributed by atoms with E-state index < -0.39 is 30.0 Å². The number of alkyl halides is 1. The van der Waals surface area contributed by atoms with Gasteiger partial charge in [-0.2, -0.15) is 0 Å². The number of amides is 1. The molecule has 0 saturated carbocycles. The number of nitrogens with one attached hydrogen (secondary N) is 1. The van der Waals surface area contributed by atoms with E-state index in [2.05, 4.69) is 5.32 Å². The molecule has 1 saturated heterocycles. The molecule has 31 heavy (non-hydrogen) atoms. The molecule has 0 spiro atoms. The summed E-state index contributed by atoms with van der Waals surface area (Å²) < 4.78 is 48.0. The fraction of sp³-hybridized carbons (Fsp3) is 0.364. The topological polar surface area (TPSA) is 76.7 Å². The van der Waals surface area contributed by atoms with Gasteiger partial charge < -0.3 is 15.8 Å². The Kier molecular flexibility index (Phi) is 6.36. The minimum atomic E-state index is -1.21. The third-order valence-corrected chi connectivity index (χ3v) is 6.77. The molecule has 1 amide bonds. The van der Waals surface area contributed by atoms with Gasteiger partial charge in [-0.3, -0.25) is 4.79 Å². The second-order valence-corrected chi connectivity index (χ2v) is 8.63. The first kappa shape index (κ1) is 21.9. The van der Waals surface area contributed by atoms with Crippen LogP contribution in [0, 0.1) is 17.6 Å². The molecule has 0 unspecified atom stereocenters. The Labute approximate surface area is 182 Å². The summed E-state index contributed by atoms with van der Waals surface area (Å²) >= 11 is 1.32. The van der Waals surface area contributed by atoms with E-state index in [1.807, 2.05) is 0 Å². The number of ether oxygens (including phenoxy) is 1. The van der Waals surface area contributed by atoms with Gasteiger partial charge in [-0.1, -0.05) is 30.0 Å². The van der Waals surface area contributed by atoms with Gasteiger partial charge in [0.15, 0.2) is 5.17 Å². The summed E-state index contributed by atoms with van der Waals surface area (Å²) in [6.45, 7) is -0.841. The van der Waals surface area contributed by atoms with Crippen LogP contribution in [0.25, 0.3) is 0 Å². The summed E-state index contributed by atoms with van der Waals surface area (Å²) in [6.07, 6.45) is -0.270. The fourth-order valence-electron chi connectivity index (χ4n) is 4.04. The molecule has 0 radical (unpaired) electrons. The molecule has 2 aromatic carbocycles. The van der Waals surface area contributed by atoms with Gasteiger partial charge in [0.25, 0.3) is 5.91 Å². The molecule has 4 rings (SSSR count). The summed E-state index contributed by atoms with van der Waals surface area (Å²) in [5.74, 6) is -1.63. The molecular formula is C22H22F3N3O2S. The maximum atomic E-state index is 15.0. The summed E-state index contributed by atoms with van der Waals surface area (Å²) in [6, 6.07) is 10.8. The van der Waals surface area contributed by atoms with Crippen LogP contribution >= 0.6 is 11.8 Å². The molecule has 2 heterocycles. The number of nitrogens with zero attached hydrogens (tertiary/aromatic N) is 1. The number of halogens is 3. The fourth-order valence-corrected chi connectivity index (χ4v) is 5.20. The molecule has 3 atom stereocenters. The van der Waals surface area contributed by atoms with E-state index in [0.717, 1.165) is 6.07 Å². The summed E-state index contributed by atoms with van der Waals surface area (Å²) in [5, 5.41) is 3.08. The molecule has 5 nitrogen and oxygen atoms in total. The van der Waals surface area contributed by atoms with Crippen LogP contribution in [0.2, 0.25) is 0 Å². The van der Waals surface area contributed by atoms with Gasteiger partial charge in [0.05, 0.1) is 12.7 Å². The number of amidine groups is 1. The molecule has 9 heteroatoms. The van der Waals surface area contributed by atoms with Crippen LogP contribution in [0.5, 0.6) is 0 Å². The number of aliphatic imine (C=N–C) groups is 1. The highest BCUT2D eigenvalue weighted by molar-refractivity contribution is 8.13. The predicted molar refractivity (Wildman–Crippen MR) is 114 cm³/mol. The Morgan fingerprint density at radius 1 is 1.26 bits per heavy atom. The minimum absolute atomic E-state index is 0.0793. The van der Waals surface area contributed by atoms with Crippen molar-refractivity contribution in [1.29, 1.82) is 0 Å². The predicted octanol–water partition coefficient (Wildman–Crippen LogP) is 3.53. The Morgan fingerprint density at radius 2 is 2.03 bits per heavy atom. The molecule has 2 aliphatic rings. The van der Waals surface area contributed by atoms with Crippen LogP contribution in [0.15, 0.2) is 47.5 Å². The lowest BCUT2D eigenvalue weighted by molar-refractivity contribution is -0.0653. The zero-order chi connectivity index (χ0) is 22.0. The van der Waals surface area contributed by atoms with E-state index in [-0.39, 0.29) is 36.1 Å². The summed E-state index contributed by atoms with van der Waals surface area (Å²) in [4.78, 5) is 17.3. The first-order chi connectivity index (χ1) is 15.0. The molecule has 0 aromatic heterocycles. The third-order valence-electron chi connectivity index (χ3n) is 5.74. The third kappa shape index (κ3) is 4.22. The highest BCUT2D eigenvalue weighted by atomic mass is 32.2. The van der Waals surface area contributed by atoms with Crippen LogP contribution in [0.3, 0.4) is 0 Å². The molecule has 3 N–H and O–H groups in total. The zero-order valence-corrected chi connectivity index (χ0v) is 17.4. The van der Waals surface area contributed by atoms with Crippen molar-refractivity contribution in [2.24, 2.45) is 16.6 Å². The average Bonchev–Trinajstić information content (AvgIpc) is 2.79. The Morgan fingerprint density at radius 3 is 2.74 bits per heavy atom. The van der Waals surface area contributed by atoms with Gasteiger partial charge in [-0.25, -0.2) is 18.2 Å². The Bertz CT molecular complexity index is 1000. The first-order valence-corrected chi connectivity index (χ1v) is 10.9. The highest BCUT2D eigenvalue weighted by Gasteiger charge is 2.50. The highest BCUT2D eigenvalue weighted by Crippen LogP contribution is 2.47. The van der Waals surface area contributed by atoms with Crippen molar-refractivity contribution >= 4 is 22.8 Å². The van der Waals surface area contributed by atoms with Crippen LogP contribution < -0.4 is 11.1 Å². The van der Waals surface area contributed by atoms with E-state index in [0.29, 0.717) is 22.9 Å². The number of rotatable bonds is 4. The lowest BCUT2D eigenvalue weighted by Gasteiger charge is -2.46. The Balaban J connectivity index is 1.74. The van der Waals surface area contributed by atoms with E-state index in [1.54, 1.807) is 30.3 Å². The number of hydrogen-bond donors (Lipinski definition) is 2. The van der Waals surface area contributed by atoms with Crippen molar-refractivity contribution in [3.8, 4) is 0 Å². The second-order valence-electron chi connectivity index (χ2n) is 7.62. The normalized spacial score (nSPS) is 25.5. The smallest absolute Gasteiger partial charge is 0.257 e. The van der Waals surface area contributed by atoms with Crippen molar-refractivity contribution in [3.05, 3.63) is 70.8 Å². The molecule has 2 aromatic rings. The maximum absolute atomic E-state index is 15.0. The summed E-state index contributed by atoms with van der Waals surface area (Å²) in [7, 11) is 0. The van der Waals surface area contributed by atoms with Crippen LogP contribution in [0.4, 0.5) is 13.2 Å². The van der Waals surface area contributed by atoms with Gasteiger partial charge in [-0.15, -0.1) is 0 Å². The molecule has 0 bridgehead atoms. The van der Waals surface area contributed by atoms with E-state index in [4.69, 9.17) is 15.5 Å². The van der Waals surface area contributed by atoms with Gasteiger partial charge in [0, 0.05) is 41.0 Å². The van der Waals surface area contributed by atoms with Crippen molar-refractivity contribution in [2.75, 3.05) is 19.0 Å². The van der Waals surface area contributed by atoms with E-state index in [9.17, 15) is 18.0 Å². The lowest BCUT2D eigenvalue weighted by Crippen LogP contribution is -2.51. The van der Waals surface area contributed by atoms with Crippen molar-refractivity contribution in [3.63, 3.8) is 0 Å². The van der Waals surface area contributed by atoms with Crippen molar-refractivity contribution in [1.82, 2.24) is 5.32 Å². The molecule has 2 aliphatic heterocycles. The molecule has 1 fully saturated rings. The summed E-state index contributed by atoms with van der Waals surface area (Å²) in [5.41, 5.74) is 5.17. The van der Waals surface area contributed by atoms with Gasteiger partial charge >= 0.3 is 0 Å². The average molecular weight is 449 g/mol. The monoisotopic (exact) mass is 449 g/mol. The van der Waals surface area contributed by atoms with Gasteiger partial charge in [0.2, 0.25) is 0 Å². The van der Waals surface area contributed by atoms with Crippen LogP contribution in [-0.4, -0.2) is 36.2 Å². The Hall–Kier alpha value is -2.36. The lowest BCUT2D eigenvalue weighted by atomic mass is 9.74. The minimum Gasteiger partial charge on any atom is -0.373 e. The largest absolute Gasteiger partial charge is 0.373 e. The number of fused-ring (bicyclic) bond motifs is 1. The standard InChI is InChI=1S/C22H22F3N3O2S/c23-9-16-7-15-11-31-21(27-20(29)13-4-2-1-3-5-13)28-22(15,12-30-16)17-6-14(10-26)18(24)8-19(17)25/h1-6,8,15-16H,7,9-12,26H2,(H,27,28,29)/t15-,16+,22-/m0/s1. The molecular weight excluding hydrogens is 427 g/mol. The number of carbonyl (C=O) groups is 1. The van der Waals surface area contributed by atoms with Gasteiger partial charge in [-0.05, 0) is 24.6 Å². The SMILES string of the molecule is NCc1cc([C@]23CO[C@@H](CF)C[C@H]2CSC(NC(=O)c2ccccc2)=N3)c(F)cc1F. The van der Waals surface area contributed by atoms with Crippen LogP contribution in [-0.2, 0) is 16.8 Å². The molecule has 164 valence electrons. The van der Waals surface area contributed by atoms with E-state index in [1.165, 1.54) is 17.8 Å². The number of nitrogens with two attached hydrogens (primary N) is 1. The quantitative estimate of drug-likeness (QED) is 0.749. The van der Waals surface area contributed by atoms with Crippen LogP contribution in [0.1, 0.15) is 27.9 Å². The maximum Gasteiger partial charge on any atom is 0.257 e. The number of thioether (sulfide) groups is 1. The second kappa shape index (κ2) is 9.02. The molecule has 0 aliphatic carbocycles. The first-order valence-electron chi connectivity index (χ1n) is 9.92.